The first kappa shape index (κ1) is 15.9. The van der Waals surface area contributed by atoms with E-state index in [1.165, 1.54) is 12.1 Å². The second-order valence-electron chi connectivity index (χ2n) is 3.81. The van der Waals surface area contributed by atoms with E-state index in [2.05, 4.69) is 52.5 Å². The van der Waals surface area contributed by atoms with Crippen LogP contribution in [0.1, 0.15) is 0 Å². The van der Waals surface area contributed by atoms with Crippen LogP contribution in [0.15, 0.2) is 54.7 Å². The Kier molecular flexibility index (Phi) is 4.88. The summed E-state index contributed by atoms with van der Waals surface area (Å²) in [6.45, 7) is 0. The van der Waals surface area contributed by atoms with Crippen LogP contribution < -0.4 is 4.72 Å². The standard InChI is InChI=1S/C12H7Br3FNO2S/c13-7-1-3-10(15)12(5-7)17-20(18,19)8-2-4-9(14)11(16)6-8/h1-6,17H. The first-order chi connectivity index (χ1) is 9.29. The maximum Gasteiger partial charge on any atom is 0.262 e. The van der Waals surface area contributed by atoms with Gasteiger partial charge in [0.25, 0.3) is 10.0 Å². The maximum absolute atomic E-state index is 13.4. The highest BCUT2D eigenvalue weighted by molar-refractivity contribution is 9.11. The number of rotatable bonds is 3. The summed E-state index contributed by atoms with van der Waals surface area (Å²) in [4.78, 5) is -0.148. The van der Waals surface area contributed by atoms with Crippen LogP contribution in [-0.4, -0.2) is 8.42 Å². The van der Waals surface area contributed by atoms with Gasteiger partial charge in [-0.05, 0) is 68.3 Å². The fourth-order valence-corrected chi connectivity index (χ4v) is 3.59. The predicted molar refractivity (Wildman–Crippen MR) is 86.8 cm³/mol. The molecule has 0 aliphatic rings. The molecule has 0 heterocycles. The van der Waals surface area contributed by atoms with E-state index in [0.29, 0.717) is 10.2 Å². The normalized spacial score (nSPS) is 11.4. The lowest BCUT2D eigenvalue weighted by Gasteiger charge is -2.10. The van der Waals surface area contributed by atoms with Gasteiger partial charge in [-0.25, -0.2) is 12.8 Å². The van der Waals surface area contributed by atoms with E-state index in [-0.39, 0.29) is 9.37 Å². The SMILES string of the molecule is O=S(=O)(Nc1cc(Br)ccc1Br)c1ccc(Br)c(F)c1. The zero-order chi connectivity index (χ0) is 14.9. The molecule has 8 heteroatoms. The van der Waals surface area contributed by atoms with Gasteiger partial charge in [-0.15, -0.1) is 0 Å². The van der Waals surface area contributed by atoms with Crippen LogP contribution in [0, 0.1) is 5.82 Å². The van der Waals surface area contributed by atoms with Crippen molar-refractivity contribution in [2.75, 3.05) is 4.72 Å². The van der Waals surface area contributed by atoms with Crippen molar-refractivity contribution in [2.24, 2.45) is 0 Å². The van der Waals surface area contributed by atoms with Gasteiger partial charge in [-0.3, -0.25) is 4.72 Å². The summed E-state index contributed by atoms with van der Waals surface area (Å²) in [5, 5.41) is 0. The molecule has 0 aliphatic heterocycles. The number of benzene rings is 2. The van der Waals surface area contributed by atoms with Crippen LogP contribution in [-0.2, 0) is 10.0 Å². The molecular formula is C12H7Br3FNO2S. The zero-order valence-corrected chi connectivity index (χ0v) is 15.3. The Hall–Kier alpha value is -0.440. The Balaban J connectivity index is 2.40. The lowest BCUT2D eigenvalue weighted by molar-refractivity contribution is 0.593. The van der Waals surface area contributed by atoms with Gasteiger partial charge < -0.3 is 0 Å². The minimum Gasteiger partial charge on any atom is -0.278 e. The zero-order valence-electron chi connectivity index (χ0n) is 9.70. The van der Waals surface area contributed by atoms with Crippen LogP contribution in [0.2, 0.25) is 0 Å². The van der Waals surface area contributed by atoms with Crippen molar-refractivity contribution in [3.63, 3.8) is 0 Å². The Morgan fingerprint density at radius 1 is 0.950 bits per heavy atom. The molecule has 20 heavy (non-hydrogen) atoms. The van der Waals surface area contributed by atoms with Crippen LogP contribution in [0.3, 0.4) is 0 Å². The first-order valence-corrected chi connectivity index (χ1v) is 9.09. The van der Waals surface area contributed by atoms with Gasteiger partial charge in [0.2, 0.25) is 0 Å². The molecule has 0 radical (unpaired) electrons. The van der Waals surface area contributed by atoms with Crippen LogP contribution in [0.5, 0.6) is 0 Å². The fraction of sp³-hybridized carbons (Fsp3) is 0. The van der Waals surface area contributed by atoms with E-state index in [1.54, 1.807) is 18.2 Å². The van der Waals surface area contributed by atoms with Crippen molar-refractivity contribution < 1.29 is 12.8 Å². The van der Waals surface area contributed by atoms with Gasteiger partial charge in [0.05, 0.1) is 15.1 Å². The topological polar surface area (TPSA) is 46.2 Å². The Morgan fingerprint density at radius 2 is 1.60 bits per heavy atom. The van der Waals surface area contributed by atoms with Gasteiger partial charge in [0.1, 0.15) is 5.82 Å². The van der Waals surface area contributed by atoms with Crippen LogP contribution in [0.25, 0.3) is 0 Å². The van der Waals surface area contributed by atoms with Crippen molar-refractivity contribution in [1.82, 2.24) is 0 Å². The molecule has 2 rings (SSSR count). The highest BCUT2D eigenvalue weighted by Crippen LogP contribution is 2.29. The molecule has 3 nitrogen and oxygen atoms in total. The van der Waals surface area contributed by atoms with Crippen LogP contribution >= 0.6 is 47.8 Å². The van der Waals surface area contributed by atoms with Gasteiger partial charge in [-0.1, -0.05) is 15.9 Å². The Bertz CT molecular complexity index is 765. The molecule has 0 amide bonds. The molecule has 0 aromatic heterocycles. The second-order valence-corrected chi connectivity index (χ2v) is 8.11. The molecule has 2 aromatic rings. The van der Waals surface area contributed by atoms with E-state index >= 15 is 0 Å². The molecular weight excluding hydrogens is 481 g/mol. The molecule has 0 aliphatic carbocycles. The molecule has 0 saturated carbocycles. The average Bonchev–Trinajstić information content (AvgIpc) is 2.36. The van der Waals surface area contributed by atoms with Crippen LogP contribution in [0.4, 0.5) is 10.1 Å². The third-order valence-corrected chi connectivity index (χ3v) is 5.57. The number of hydrogen-bond donors (Lipinski definition) is 1. The quantitative estimate of drug-likeness (QED) is 0.668. The van der Waals surface area contributed by atoms with Gasteiger partial charge >= 0.3 is 0 Å². The fourth-order valence-electron chi connectivity index (χ4n) is 1.42. The summed E-state index contributed by atoms with van der Waals surface area (Å²) < 4.78 is 41.8. The summed E-state index contributed by atoms with van der Waals surface area (Å²) in [5.74, 6) is -0.638. The van der Waals surface area contributed by atoms with E-state index in [4.69, 9.17) is 0 Å². The summed E-state index contributed by atoms with van der Waals surface area (Å²) in [5.41, 5.74) is 0.364. The monoisotopic (exact) mass is 485 g/mol. The number of anilines is 1. The first-order valence-electron chi connectivity index (χ1n) is 5.22. The van der Waals surface area contributed by atoms with Crippen molar-refractivity contribution >= 4 is 63.5 Å². The molecule has 0 unspecified atom stereocenters. The maximum atomic E-state index is 13.4. The van der Waals surface area contributed by atoms with Crippen molar-refractivity contribution in [3.05, 3.63) is 55.6 Å². The highest BCUT2D eigenvalue weighted by Gasteiger charge is 2.17. The van der Waals surface area contributed by atoms with Crippen molar-refractivity contribution in [1.29, 1.82) is 0 Å². The van der Waals surface area contributed by atoms with Gasteiger partial charge in [0.15, 0.2) is 0 Å². The Morgan fingerprint density at radius 3 is 2.25 bits per heavy atom. The third-order valence-electron chi connectivity index (χ3n) is 2.37. The summed E-state index contributed by atoms with van der Waals surface area (Å²) in [6.07, 6.45) is 0. The molecule has 0 saturated heterocycles. The van der Waals surface area contributed by atoms with E-state index in [9.17, 15) is 12.8 Å². The molecule has 0 atom stereocenters. The summed E-state index contributed by atoms with van der Waals surface area (Å²) >= 11 is 9.49. The summed E-state index contributed by atoms with van der Waals surface area (Å²) in [7, 11) is -3.85. The van der Waals surface area contributed by atoms with Crippen molar-refractivity contribution in [2.45, 2.75) is 4.90 Å². The van der Waals surface area contributed by atoms with E-state index < -0.39 is 15.8 Å². The lowest BCUT2D eigenvalue weighted by atomic mass is 10.3. The lowest BCUT2D eigenvalue weighted by Crippen LogP contribution is -2.13. The van der Waals surface area contributed by atoms with E-state index in [0.717, 1.165) is 10.5 Å². The molecule has 106 valence electrons. The third kappa shape index (κ3) is 3.60. The van der Waals surface area contributed by atoms with Gasteiger partial charge in [0, 0.05) is 8.95 Å². The number of nitrogens with one attached hydrogen (secondary N) is 1. The van der Waals surface area contributed by atoms with E-state index in [1.807, 2.05) is 0 Å². The largest absolute Gasteiger partial charge is 0.278 e. The molecule has 1 N–H and O–H groups in total. The minimum absolute atomic E-state index is 0.148. The van der Waals surface area contributed by atoms with Crippen molar-refractivity contribution in [3.8, 4) is 0 Å². The second kappa shape index (κ2) is 6.13. The molecule has 0 fully saturated rings. The minimum atomic E-state index is -3.85. The predicted octanol–water partition coefficient (Wildman–Crippen LogP) is 4.91. The number of sulfonamides is 1. The molecule has 0 spiro atoms. The Labute approximate surface area is 141 Å². The highest BCUT2D eigenvalue weighted by atomic mass is 79.9. The van der Waals surface area contributed by atoms with Gasteiger partial charge in [-0.2, -0.15) is 0 Å². The summed E-state index contributed by atoms with van der Waals surface area (Å²) in [6, 6.07) is 8.70. The molecule has 0 bridgehead atoms. The average molecular weight is 488 g/mol. The molecule has 2 aromatic carbocycles. The number of halogens is 4. The number of hydrogen-bond acceptors (Lipinski definition) is 2. The smallest absolute Gasteiger partial charge is 0.262 e.